The van der Waals surface area contributed by atoms with Gasteiger partial charge >= 0.3 is 0 Å². The van der Waals surface area contributed by atoms with Crippen LogP contribution in [0.3, 0.4) is 0 Å². The van der Waals surface area contributed by atoms with Crippen LogP contribution in [-0.4, -0.2) is 58.0 Å². The van der Waals surface area contributed by atoms with E-state index < -0.39 is 6.04 Å². The first-order valence-corrected chi connectivity index (χ1v) is 15.0. The van der Waals surface area contributed by atoms with Crippen LogP contribution in [-0.2, 0) is 27.4 Å². The van der Waals surface area contributed by atoms with E-state index in [1.807, 2.05) is 79.7 Å². The van der Waals surface area contributed by atoms with Crippen molar-refractivity contribution in [3.05, 3.63) is 119 Å². The largest absolute Gasteiger partial charge is 0.378 e. The third kappa shape index (κ3) is 6.59. The lowest BCUT2D eigenvalue weighted by Gasteiger charge is -2.32. The molecular formula is C34H33ClN6O3. The summed E-state index contributed by atoms with van der Waals surface area (Å²) in [5.41, 5.74) is 5.73. The van der Waals surface area contributed by atoms with Gasteiger partial charge in [-0.25, -0.2) is 4.68 Å². The van der Waals surface area contributed by atoms with Crippen LogP contribution >= 0.6 is 11.6 Å². The Kier molecular flexibility index (Phi) is 8.86. The summed E-state index contributed by atoms with van der Waals surface area (Å²) in [7, 11) is 0. The van der Waals surface area contributed by atoms with Crippen LogP contribution in [0.5, 0.6) is 0 Å². The van der Waals surface area contributed by atoms with Crippen molar-refractivity contribution in [3.8, 4) is 0 Å². The second-order valence-corrected chi connectivity index (χ2v) is 11.2. The smallest absolute Gasteiger partial charge is 0.251 e. The zero-order valence-corrected chi connectivity index (χ0v) is 25.2. The Morgan fingerprint density at radius 3 is 2.39 bits per heavy atom. The quantitative estimate of drug-likeness (QED) is 0.233. The van der Waals surface area contributed by atoms with Gasteiger partial charge in [-0.2, -0.15) is 0 Å². The number of nitrogens with zero attached hydrogens (tertiary/aromatic N) is 5. The minimum atomic E-state index is -0.951. The molecule has 1 aromatic heterocycles. The van der Waals surface area contributed by atoms with Gasteiger partial charge in [0.05, 0.1) is 18.7 Å². The minimum Gasteiger partial charge on any atom is -0.378 e. The maximum absolute atomic E-state index is 14.2. The van der Waals surface area contributed by atoms with Crippen molar-refractivity contribution in [1.82, 2.24) is 19.9 Å². The lowest BCUT2D eigenvalue weighted by atomic mass is 10.0. The number of hydrogen-bond acceptors (Lipinski definition) is 6. The summed E-state index contributed by atoms with van der Waals surface area (Å²) in [6.07, 6.45) is 0. The average molecular weight is 609 g/mol. The SMILES string of the molecule is Cc1ccccc1CN(C(=O)Cn1nnc2ccccc21)[C@@H](C(=O)Nc1ccc(N2CCOCC2)cc1)c1ccc(Cl)cc1. The first-order chi connectivity index (χ1) is 21.5. The standard InChI is InChI=1S/C34H33ClN6O3/c1-24-6-2-3-7-26(24)22-40(32(42)23-41-31-9-5-4-8-30(31)37-38-41)33(25-10-12-27(35)13-11-25)34(43)36-28-14-16-29(17-15-28)39-18-20-44-21-19-39/h2-17,33H,18-23H2,1H3,(H,36,43)/t33-/m1/s1. The molecule has 1 atom stereocenters. The summed E-state index contributed by atoms with van der Waals surface area (Å²) in [4.78, 5) is 32.3. The van der Waals surface area contributed by atoms with Gasteiger partial charge < -0.3 is 19.9 Å². The third-order valence-corrected chi connectivity index (χ3v) is 8.14. The lowest BCUT2D eigenvalue weighted by molar-refractivity contribution is -0.140. The highest BCUT2D eigenvalue weighted by Gasteiger charge is 2.32. The molecule has 1 fully saturated rings. The van der Waals surface area contributed by atoms with E-state index in [0.717, 1.165) is 35.4 Å². The Bertz CT molecular complexity index is 1750. The second kappa shape index (κ2) is 13.3. The van der Waals surface area contributed by atoms with Crippen LogP contribution in [0, 0.1) is 6.92 Å². The molecule has 2 amide bonds. The summed E-state index contributed by atoms with van der Waals surface area (Å²) in [6, 6.07) is 29.2. The molecule has 224 valence electrons. The number of aromatic nitrogens is 3. The predicted molar refractivity (Wildman–Crippen MR) is 172 cm³/mol. The maximum atomic E-state index is 14.2. The second-order valence-electron chi connectivity index (χ2n) is 10.8. The van der Waals surface area contributed by atoms with Crippen LogP contribution in [0.4, 0.5) is 11.4 Å². The van der Waals surface area contributed by atoms with Crippen molar-refractivity contribution in [2.75, 3.05) is 36.5 Å². The van der Waals surface area contributed by atoms with Crippen molar-refractivity contribution in [2.24, 2.45) is 0 Å². The highest BCUT2D eigenvalue weighted by Crippen LogP contribution is 2.29. The molecule has 0 radical (unpaired) electrons. The van der Waals surface area contributed by atoms with E-state index in [-0.39, 0.29) is 24.9 Å². The Morgan fingerprint density at radius 1 is 0.932 bits per heavy atom. The summed E-state index contributed by atoms with van der Waals surface area (Å²) in [5.74, 6) is -0.613. The molecule has 9 nitrogen and oxygen atoms in total. The Morgan fingerprint density at radius 2 is 1.64 bits per heavy atom. The van der Waals surface area contributed by atoms with E-state index >= 15 is 0 Å². The Balaban J connectivity index is 1.34. The van der Waals surface area contributed by atoms with Crippen molar-refractivity contribution in [1.29, 1.82) is 0 Å². The zero-order valence-electron chi connectivity index (χ0n) is 24.4. The van der Waals surface area contributed by atoms with Crippen molar-refractivity contribution in [2.45, 2.75) is 26.1 Å². The van der Waals surface area contributed by atoms with Crippen LogP contribution in [0.25, 0.3) is 11.0 Å². The zero-order chi connectivity index (χ0) is 30.5. The first kappa shape index (κ1) is 29.3. The highest BCUT2D eigenvalue weighted by atomic mass is 35.5. The number of rotatable bonds is 9. The van der Waals surface area contributed by atoms with Gasteiger partial charge in [0.25, 0.3) is 5.91 Å². The van der Waals surface area contributed by atoms with E-state index in [2.05, 4.69) is 20.5 Å². The molecule has 2 heterocycles. The molecule has 10 heteroatoms. The molecule has 44 heavy (non-hydrogen) atoms. The summed E-state index contributed by atoms with van der Waals surface area (Å²) < 4.78 is 7.04. The van der Waals surface area contributed by atoms with E-state index in [9.17, 15) is 9.59 Å². The van der Waals surface area contributed by atoms with Gasteiger partial charge in [0.15, 0.2) is 0 Å². The molecule has 1 N–H and O–H groups in total. The molecule has 0 saturated carbocycles. The number of halogens is 1. The monoisotopic (exact) mass is 608 g/mol. The summed E-state index contributed by atoms with van der Waals surface area (Å²) >= 11 is 6.24. The molecule has 6 rings (SSSR count). The number of amides is 2. The van der Waals surface area contributed by atoms with Gasteiger partial charge in [0.1, 0.15) is 18.1 Å². The number of benzene rings is 4. The first-order valence-electron chi connectivity index (χ1n) is 14.6. The fourth-order valence-corrected chi connectivity index (χ4v) is 5.58. The predicted octanol–water partition coefficient (Wildman–Crippen LogP) is 5.64. The van der Waals surface area contributed by atoms with Crippen molar-refractivity contribution in [3.63, 3.8) is 0 Å². The molecule has 5 aromatic rings. The van der Waals surface area contributed by atoms with Gasteiger partial charge in [-0.1, -0.05) is 65.3 Å². The maximum Gasteiger partial charge on any atom is 0.251 e. The number of ether oxygens (including phenoxy) is 1. The fraction of sp³-hybridized carbons (Fsp3) is 0.235. The molecule has 1 saturated heterocycles. The van der Waals surface area contributed by atoms with Crippen LogP contribution in [0.2, 0.25) is 5.02 Å². The molecule has 1 aliphatic rings. The molecule has 0 aliphatic carbocycles. The van der Waals surface area contributed by atoms with Gasteiger partial charge in [-0.15, -0.1) is 5.10 Å². The Hall–Kier alpha value is -4.73. The number of carbonyl (C=O) groups is 2. The van der Waals surface area contributed by atoms with E-state index in [4.69, 9.17) is 16.3 Å². The molecule has 0 bridgehead atoms. The molecule has 1 aliphatic heterocycles. The Labute approximate surface area is 261 Å². The summed E-state index contributed by atoms with van der Waals surface area (Å²) in [5, 5.41) is 12.1. The van der Waals surface area contributed by atoms with Crippen LogP contribution in [0.15, 0.2) is 97.1 Å². The van der Waals surface area contributed by atoms with Gasteiger partial charge in [-0.05, 0) is 72.1 Å². The number of fused-ring (bicyclic) bond motifs is 1. The molecule has 0 spiro atoms. The van der Waals surface area contributed by atoms with Crippen LogP contribution in [0.1, 0.15) is 22.7 Å². The number of anilines is 2. The molecule has 4 aromatic carbocycles. The topological polar surface area (TPSA) is 92.6 Å². The van der Waals surface area contributed by atoms with Gasteiger partial charge in [0, 0.05) is 36.0 Å². The number of morpholine rings is 1. The number of nitrogens with one attached hydrogen (secondary N) is 1. The lowest BCUT2D eigenvalue weighted by Crippen LogP contribution is -2.42. The van der Waals surface area contributed by atoms with Crippen LogP contribution < -0.4 is 10.2 Å². The van der Waals surface area contributed by atoms with E-state index in [0.29, 0.717) is 35.0 Å². The summed E-state index contributed by atoms with van der Waals surface area (Å²) in [6.45, 7) is 5.15. The van der Waals surface area contributed by atoms with Crippen molar-refractivity contribution >= 4 is 45.8 Å². The number of hydrogen-bond donors (Lipinski definition) is 1. The van der Waals surface area contributed by atoms with Gasteiger partial charge in [0.2, 0.25) is 5.91 Å². The average Bonchev–Trinajstić information content (AvgIpc) is 3.46. The van der Waals surface area contributed by atoms with Gasteiger partial charge in [-0.3, -0.25) is 9.59 Å². The molecule has 0 unspecified atom stereocenters. The highest BCUT2D eigenvalue weighted by molar-refractivity contribution is 6.30. The van der Waals surface area contributed by atoms with Crippen molar-refractivity contribution < 1.29 is 14.3 Å². The third-order valence-electron chi connectivity index (χ3n) is 7.88. The number of carbonyl (C=O) groups excluding carboxylic acids is 2. The normalized spacial score (nSPS) is 13.9. The number of para-hydroxylation sites is 1. The van der Waals surface area contributed by atoms with E-state index in [1.54, 1.807) is 33.8 Å². The minimum absolute atomic E-state index is 0.0853. The fourth-order valence-electron chi connectivity index (χ4n) is 5.45. The van der Waals surface area contributed by atoms with E-state index in [1.165, 1.54) is 0 Å². The molecular weight excluding hydrogens is 576 g/mol. The number of aryl methyl sites for hydroxylation is 1.